The number of nitrogens with two attached hydrogens (primary N) is 1. The third kappa shape index (κ3) is 2.52. The quantitative estimate of drug-likeness (QED) is 0.592. The molecular weight excluding hydrogens is 196 g/mol. The van der Waals surface area contributed by atoms with Crippen molar-refractivity contribution in [1.82, 2.24) is 4.98 Å². The Bertz CT molecular complexity index is 402. The number of anilines is 1. The molecule has 5 nitrogen and oxygen atoms in total. The van der Waals surface area contributed by atoms with Crippen molar-refractivity contribution in [2.24, 2.45) is 0 Å². The van der Waals surface area contributed by atoms with Crippen molar-refractivity contribution in [3.8, 4) is 0 Å². The molecule has 0 aliphatic carbocycles. The van der Waals surface area contributed by atoms with E-state index >= 15 is 0 Å². The molecule has 2 N–H and O–H groups in total. The molecule has 0 amide bonds. The number of aromatic nitrogens is 1. The van der Waals surface area contributed by atoms with Crippen LogP contribution in [0.4, 0.5) is 5.69 Å². The van der Waals surface area contributed by atoms with E-state index in [2.05, 4.69) is 4.98 Å². The maximum absolute atomic E-state index is 11.3. The minimum atomic E-state index is -0.542. The predicted octanol–water partition coefficient (Wildman–Crippen LogP) is 1.04. The number of nitrogens with zero attached hydrogens (tertiary/aromatic N) is 1. The van der Waals surface area contributed by atoms with Gasteiger partial charge in [-0.05, 0) is 19.9 Å². The first kappa shape index (κ1) is 11.2. The summed E-state index contributed by atoms with van der Waals surface area (Å²) in [5.41, 5.74) is 6.24. The van der Waals surface area contributed by atoms with Crippen molar-refractivity contribution in [2.75, 3.05) is 12.3 Å². The maximum Gasteiger partial charge on any atom is 0.356 e. The maximum atomic E-state index is 11.3. The highest BCUT2D eigenvalue weighted by molar-refractivity contribution is 6.00. The van der Waals surface area contributed by atoms with Crippen LogP contribution in [0.5, 0.6) is 0 Å². The van der Waals surface area contributed by atoms with Gasteiger partial charge >= 0.3 is 5.97 Å². The first-order valence-corrected chi connectivity index (χ1v) is 4.49. The van der Waals surface area contributed by atoms with Gasteiger partial charge in [-0.1, -0.05) is 0 Å². The highest BCUT2D eigenvalue weighted by Gasteiger charge is 2.12. The molecular formula is C10H12N2O3. The molecule has 0 bridgehead atoms. The summed E-state index contributed by atoms with van der Waals surface area (Å²) in [6.07, 6.45) is 1.28. The van der Waals surface area contributed by atoms with Gasteiger partial charge in [-0.25, -0.2) is 9.78 Å². The Morgan fingerprint density at radius 3 is 2.67 bits per heavy atom. The Kier molecular flexibility index (Phi) is 3.38. The van der Waals surface area contributed by atoms with E-state index in [4.69, 9.17) is 10.5 Å². The summed E-state index contributed by atoms with van der Waals surface area (Å²) >= 11 is 0. The van der Waals surface area contributed by atoms with Gasteiger partial charge in [-0.2, -0.15) is 0 Å². The van der Waals surface area contributed by atoms with Gasteiger partial charge in [0.15, 0.2) is 5.78 Å². The molecule has 1 aromatic heterocycles. The van der Waals surface area contributed by atoms with Crippen LogP contribution < -0.4 is 5.73 Å². The van der Waals surface area contributed by atoms with Crippen LogP contribution in [0.2, 0.25) is 0 Å². The zero-order valence-electron chi connectivity index (χ0n) is 8.61. The number of carbonyl (C=O) groups excluding carboxylic acids is 2. The van der Waals surface area contributed by atoms with Crippen molar-refractivity contribution >= 4 is 17.4 Å². The van der Waals surface area contributed by atoms with Gasteiger partial charge < -0.3 is 10.5 Å². The molecule has 0 saturated carbocycles. The predicted molar refractivity (Wildman–Crippen MR) is 54.6 cm³/mol. The van der Waals surface area contributed by atoms with E-state index in [0.29, 0.717) is 5.56 Å². The normalized spacial score (nSPS) is 9.73. The fourth-order valence-corrected chi connectivity index (χ4v) is 1.08. The van der Waals surface area contributed by atoms with Crippen LogP contribution in [0.3, 0.4) is 0 Å². The summed E-state index contributed by atoms with van der Waals surface area (Å²) in [6.45, 7) is 3.36. The molecule has 0 aliphatic heterocycles. The van der Waals surface area contributed by atoms with Crippen molar-refractivity contribution in [3.63, 3.8) is 0 Å². The van der Waals surface area contributed by atoms with E-state index in [1.54, 1.807) is 6.92 Å². The van der Waals surface area contributed by atoms with E-state index in [1.165, 1.54) is 19.2 Å². The second-order valence-corrected chi connectivity index (χ2v) is 2.93. The number of hydrogen-bond donors (Lipinski definition) is 1. The van der Waals surface area contributed by atoms with Crippen LogP contribution in [-0.4, -0.2) is 23.3 Å². The molecule has 0 unspecified atom stereocenters. The lowest BCUT2D eigenvalue weighted by atomic mass is 10.1. The molecule has 0 spiro atoms. The Labute approximate surface area is 87.3 Å². The monoisotopic (exact) mass is 208 g/mol. The van der Waals surface area contributed by atoms with Gasteiger partial charge in [0.2, 0.25) is 0 Å². The number of Topliss-reactive ketones (excluding diaryl/α,β-unsaturated/α-hetero) is 1. The zero-order chi connectivity index (χ0) is 11.4. The molecule has 0 aromatic carbocycles. The van der Waals surface area contributed by atoms with Crippen molar-refractivity contribution in [3.05, 3.63) is 23.5 Å². The molecule has 0 atom stereocenters. The molecule has 1 rings (SSSR count). The number of carbonyl (C=O) groups is 2. The third-order valence-corrected chi connectivity index (χ3v) is 1.80. The molecule has 0 aliphatic rings. The van der Waals surface area contributed by atoms with E-state index in [9.17, 15) is 9.59 Å². The van der Waals surface area contributed by atoms with Crippen LogP contribution in [0, 0.1) is 0 Å². The SMILES string of the molecule is CCOC(=O)c1cc(N)c(C(C)=O)cn1. The zero-order valence-corrected chi connectivity index (χ0v) is 8.61. The Morgan fingerprint density at radius 2 is 2.20 bits per heavy atom. The number of pyridine rings is 1. The molecule has 1 aromatic rings. The van der Waals surface area contributed by atoms with Crippen LogP contribution >= 0.6 is 0 Å². The van der Waals surface area contributed by atoms with E-state index < -0.39 is 5.97 Å². The fourth-order valence-electron chi connectivity index (χ4n) is 1.08. The van der Waals surface area contributed by atoms with Gasteiger partial charge in [0, 0.05) is 11.9 Å². The van der Waals surface area contributed by atoms with Crippen molar-refractivity contribution in [1.29, 1.82) is 0 Å². The minimum Gasteiger partial charge on any atom is -0.461 e. The summed E-state index contributed by atoms with van der Waals surface area (Å²) in [6, 6.07) is 1.34. The van der Waals surface area contributed by atoms with Gasteiger partial charge in [-0.15, -0.1) is 0 Å². The summed E-state index contributed by atoms with van der Waals surface area (Å²) in [5, 5.41) is 0. The summed E-state index contributed by atoms with van der Waals surface area (Å²) in [4.78, 5) is 26.1. The van der Waals surface area contributed by atoms with Crippen LogP contribution in [-0.2, 0) is 4.74 Å². The standard InChI is InChI=1S/C10H12N2O3/c1-3-15-10(14)9-4-8(11)7(5-12-9)6(2)13/h4-5H,3H2,1-2H3,(H2,11,12). The second-order valence-electron chi connectivity index (χ2n) is 2.93. The van der Waals surface area contributed by atoms with Gasteiger partial charge in [0.1, 0.15) is 5.69 Å². The Morgan fingerprint density at radius 1 is 1.53 bits per heavy atom. The molecule has 0 saturated heterocycles. The number of hydrogen-bond acceptors (Lipinski definition) is 5. The number of esters is 1. The van der Waals surface area contributed by atoms with Crippen LogP contribution in [0.1, 0.15) is 34.7 Å². The van der Waals surface area contributed by atoms with Gasteiger partial charge in [0.05, 0.1) is 12.2 Å². The van der Waals surface area contributed by atoms with Crippen molar-refractivity contribution in [2.45, 2.75) is 13.8 Å². The van der Waals surface area contributed by atoms with E-state index in [1.807, 2.05) is 0 Å². The average molecular weight is 208 g/mol. The average Bonchev–Trinajstić information content (AvgIpc) is 2.17. The Balaban J connectivity index is 3.01. The number of nitrogen functional groups attached to an aromatic ring is 1. The molecule has 0 fully saturated rings. The highest BCUT2D eigenvalue weighted by atomic mass is 16.5. The number of rotatable bonds is 3. The first-order chi connectivity index (χ1) is 7.06. The lowest BCUT2D eigenvalue weighted by molar-refractivity contribution is 0.0519. The van der Waals surface area contributed by atoms with Gasteiger partial charge in [-0.3, -0.25) is 4.79 Å². The fraction of sp³-hybridized carbons (Fsp3) is 0.300. The number of ketones is 1. The Hall–Kier alpha value is -1.91. The largest absolute Gasteiger partial charge is 0.461 e. The molecule has 1 heterocycles. The summed E-state index contributed by atoms with van der Waals surface area (Å²) in [7, 11) is 0. The summed E-state index contributed by atoms with van der Waals surface area (Å²) in [5.74, 6) is -0.727. The van der Waals surface area contributed by atoms with Crippen LogP contribution in [0.15, 0.2) is 12.3 Å². The molecule has 15 heavy (non-hydrogen) atoms. The topological polar surface area (TPSA) is 82.3 Å². The summed E-state index contributed by atoms with van der Waals surface area (Å²) < 4.78 is 4.74. The number of ether oxygens (including phenoxy) is 1. The lowest BCUT2D eigenvalue weighted by Gasteiger charge is -2.04. The second kappa shape index (κ2) is 4.54. The van der Waals surface area contributed by atoms with E-state index in [-0.39, 0.29) is 23.8 Å². The molecule has 80 valence electrons. The molecule has 0 radical (unpaired) electrons. The van der Waals surface area contributed by atoms with Gasteiger partial charge in [0.25, 0.3) is 0 Å². The molecule has 5 heteroatoms. The lowest BCUT2D eigenvalue weighted by Crippen LogP contribution is -2.10. The minimum absolute atomic E-state index is 0.111. The third-order valence-electron chi connectivity index (χ3n) is 1.80. The van der Waals surface area contributed by atoms with E-state index in [0.717, 1.165) is 0 Å². The first-order valence-electron chi connectivity index (χ1n) is 4.49. The smallest absolute Gasteiger partial charge is 0.356 e. The van der Waals surface area contributed by atoms with Crippen LogP contribution in [0.25, 0.3) is 0 Å². The highest BCUT2D eigenvalue weighted by Crippen LogP contribution is 2.12. The van der Waals surface area contributed by atoms with Crippen molar-refractivity contribution < 1.29 is 14.3 Å².